The summed E-state index contributed by atoms with van der Waals surface area (Å²) >= 11 is 0. The van der Waals surface area contributed by atoms with Crippen LogP contribution in [0.4, 0.5) is 13.2 Å². The lowest BCUT2D eigenvalue weighted by Gasteiger charge is -2.17. The fourth-order valence-electron chi connectivity index (χ4n) is 2.98. The van der Waals surface area contributed by atoms with Gasteiger partial charge < -0.3 is 9.84 Å². The molecule has 2 heterocycles. The predicted molar refractivity (Wildman–Crippen MR) is 102 cm³/mol. The number of phenols is 1. The van der Waals surface area contributed by atoms with Crippen LogP contribution < -0.4 is 4.74 Å². The van der Waals surface area contributed by atoms with Gasteiger partial charge in [0.2, 0.25) is 5.54 Å². The first-order valence-corrected chi connectivity index (χ1v) is 8.53. The van der Waals surface area contributed by atoms with Crippen molar-refractivity contribution in [3.05, 3.63) is 54.1 Å². The molecule has 0 aliphatic carbocycles. The molecule has 1 aliphatic rings. The molecule has 0 amide bonds. The fraction of sp³-hybridized carbons (Fsp3) is 0.143. The van der Waals surface area contributed by atoms with Crippen LogP contribution in [0.15, 0.2) is 53.5 Å². The van der Waals surface area contributed by atoms with Crippen LogP contribution in [-0.2, 0) is 5.54 Å². The molecule has 0 spiro atoms. The van der Waals surface area contributed by atoms with Crippen LogP contribution in [0.5, 0.6) is 11.5 Å². The smallest absolute Gasteiger partial charge is 0.422 e. The van der Waals surface area contributed by atoms with Crippen LogP contribution in [0.2, 0.25) is 0 Å². The lowest BCUT2D eigenvalue weighted by molar-refractivity contribution is -0.156. The van der Waals surface area contributed by atoms with E-state index >= 15 is 0 Å². The van der Waals surface area contributed by atoms with Crippen molar-refractivity contribution in [2.24, 2.45) is 4.99 Å². The summed E-state index contributed by atoms with van der Waals surface area (Å²) in [5, 5.41) is 17.2. The number of terminal acetylenes is 1. The Kier molecular flexibility index (Phi) is 4.31. The number of aromatic nitrogens is 2. The molecular formula is C21H14F3N3O2. The molecule has 1 aliphatic heterocycles. The summed E-state index contributed by atoms with van der Waals surface area (Å²) in [7, 11) is 0. The van der Waals surface area contributed by atoms with E-state index in [1.54, 1.807) is 30.3 Å². The summed E-state index contributed by atoms with van der Waals surface area (Å²) in [5.41, 5.74) is 0.0547. The second-order valence-corrected chi connectivity index (χ2v) is 6.44. The first-order chi connectivity index (χ1) is 13.8. The number of aromatic hydroxyl groups is 1. The molecule has 0 radical (unpaired) electrons. The molecule has 1 aromatic heterocycles. The van der Waals surface area contributed by atoms with Gasteiger partial charge >= 0.3 is 6.18 Å². The standard InChI is InChI=1S/C21H14F3N3O2/c1-2-9-29-15-7-8-16(19(28)10-15)18-11-17(26-27-18)13-3-5-14(6-4-13)20(12-25-20)21(22,23)24/h1,3-8,10-12,28H,9H2,(H,26,27). The number of hydrogen-bond donors (Lipinski definition) is 2. The van der Waals surface area contributed by atoms with Crippen LogP contribution in [0, 0.1) is 12.3 Å². The lowest BCUT2D eigenvalue weighted by atomic mass is 9.95. The number of alkyl halides is 3. The number of halogens is 3. The first-order valence-electron chi connectivity index (χ1n) is 8.53. The number of rotatable bonds is 5. The Morgan fingerprint density at radius 3 is 2.45 bits per heavy atom. The van der Waals surface area contributed by atoms with E-state index < -0.39 is 11.7 Å². The molecule has 0 fully saturated rings. The number of aliphatic imine (C=N–C) groups is 1. The summed E-state index contributed by atoms with van der Waals surface area (Å²) in [4.78, 5) is 3.44. The van der Waals surface area contributed by atoms with Crippen molar-refractivity contribution in [3.8, 4) is 46.4 Å². The molecular weight excluding hydrogens is 383 g/mol. The fourth-order valence-corrected chi connectivity index (χ4v) is 2.98. The van der Waals surface area contributed by atoms with Crippen molar-refractivity contribution in [2.75, 3.05) is 6.61 Å². The number of ether oxygens (including phenoxy) is 1. The Bertz CT molecular complexity index is 1120. The summed E-state index contributed by atoms with van der Waals surface area (Å²) in [6.45, 7) is 0.0870. The number of nitrogens with zero attached hydrogens (tertiary/aromatic N) is 2. The average Bonchev–Trinajstić information content (AvgIpc) is 3.39. The molecule has 2 N–H and O–H groups in total. The monoisotopic (exact) mass is 397 g/mol. The Morgan fingerprint density at radius 2 is 1.86 bits per heavy atom. The maximum atomic E-state index is 13.1. The van der Waals surface area contributed by atoms with Gasteiger partial charge in [-0.3, -0.25) is 10.1 Å². The van der Waals surface area contributed by atoms with Crippen LogP contribution in [0.25, 0.3) is 22.5 Å². The number of aromatic amines is 1. The highest BCUT2D eigenvalue weighted by Gasteiger charge is 2.61. The van der Waals surface area contributed by atoms with E-state index in [1.165, 1.54) is 18.2 Å². The van der Waals surface area contributed by atoms with Crippen LogP contribution in [0.3, 0.4) is 0 Å². The lowest BCUT2D eigenvalue weighted by Crippen LogP contribution is -2.31. The van der Waals surface area contributed by atoms with E-state index in [-0.39, 0.29) is 17.9 Å². The third kappa shape index (κ3) is 3.31. The van der Waals surface area contributed by atoms with Crippen molar-refractivity contribution in [1.29, 1.82) is 0 Å². The average molecular weight is 397 g/mol. The molecule has 29 heavy (non-hydrogen) atoms. The quantitative estimate of drug-likeness (QED) is 0.631. The second-order valence-electron chi connectivity index (χ2n) is 6.44. The van der Waals surface area contributed by atoms with E-state index in [0.717, 1.165) is 6.21 Å². The predicted octanol–water partition coefficient (Wildman–Crippen LogP) is 4.30. The third-order valence-corrected chi connectivity index (χ3v) is 4.60. The Balaban J connectivity index is 1.56. The van der Waals surface area contributed by atoms with Crippen molar-refractivity contribution in [2.45, 2.75) is 11.7 Å². The largest absolute Gasteiger partial charge is 0.507 e. The van der Waals surface area contributed by atoms with E-state index in [4.69, 9.17) is 11.2 Å². The van der Waals surface area contributed by atoms with E-state index in [1.807, 2.05) is 0 Å². The Labute approximate surface area is 163 Å². The van der Waals surface area contributed by atoms with Gasteiger partial charge in [-0.15, -0.1) is 6.42 Å². The Hall–Kier alpha value is -3.73. The first kappa shape index (κ1) is 18.6. The minimum absolute atomic E-state index is 0.0249. The minimum Gasteiger partial charge on any atom is -0.507 e. The molecule has 146 valence electrons. The molecule has 0 bridgehead atoms. The maximum absolute atomic E-state index is 13.1. The number of nitrogens with one attached hydrogen (secondary N) is 1. The van der Waals surface area contributed by atoms with E-state index in [0.29, 0.717) is 28.3 Å². The zero-order valence-electron chi connectivity index (χ0n) is 14.9. The third-order valence-electron chi connectivity index (χ3n) is 4.60. The molecule has 1 atom stereocenters. The van der Waals surface area contributed by atoms with Gasteiger partial charge in [-0.05, 0) is 23.8 Å². The topological polar surface area (TPSA) is 70.5 Å². The van der Waals surface area contributed by atoms with Gasteiger partial charge in [-0.1, -0.05) is 30.2 Å². The van der Waals surface area contributed by atoms with Crippen molar-refractivity contribution >= 4 is 6.21 Å². The number of benzene rings is 2. The zero-order valence-corrected chi connectivity index (χ0v) is 14.9. The molecule has 1 unspecified atom stereocenters. The van der Waals surface area contributed by atoms with Crippen molar-refractivity contribution < 1.29 is 23.0 Å². The maximum Gasteiger partial charge on any atom is 0.422 e. The molecule has 0 saturated carbocycles. The highest BCUT2D eigenvalue weighted by Crippen LogP contribution is 2.48. The summed E-state index contributed by atoms with van der Waals surface area (Å²) in [5.74, 6) is 2.74. The zero-order chi connectivity index (χ0) is 20.6. The molecule has 0 saturated heterocycles. The minimum atomic E-state index is -4.46. The highest BCUT2D eigenvalue weighted by molar-refractivity contribution is 5.88. The SMILES string of the molecule is C#CCOc1ccc(-c2cc(-c3ccc(C4(C(F)(F)F)C=N4)cc3)n[nH]2)c(O)c1. The van der Waals surface area contributed by atoms with Gasteiger partial charge in [0.1, 0.15) is 18.1 Å². The van der Waals surface area contributed by atoms with Gasteiger partial charge in [0.05, 0.1) is 11.4 Å². The van der Waals surface area contributed by atoms with Crippen LogP contribution in [-0.4, -0.2) is 34.3 Å². The normalized spacial score (nSPS) is 17.7. The molecule has 5 nitrogen and oxygen atoms in total. The highest BCUT2D eigenvalue weighted by atomic mass is 19.4. The summed E-state index contributed by atoms with van der Waals surface area (Å²) in [6.07, 6.45) is 1.58. The van der Waals surface area contributed by atoms with Crippen molar-refractivity contribution in [1.82, 2.24) is 10.2 Å². The van der Waals surface area contributed by atoms with E-state index in [9.17, 15) is 18.3 Å². The van der Waals surface area contributed by atoms with Gasteiger partial charge in [-0.25, -0.2) is 0 Å². The second kappa shape index (κ2) is 6.71. The van der Waals surface area contributed by atoms with Gasteiger partial charge in [0.25, 0.3) is 0 Å². The molecule has 8 heteroatoms. The number of phenolic OH excluding ortho intramolecular Hbond substituents is 1. The number of H-pyrrole nitrogens is 1. The Morgan fingerprint density at radius 1 is 1.14 bits per heavy atom. The van der Waals surface area contributed by atoms with Gasteiger partial charge in [0.15, 0.2) is 0 Å². The van der Waals surface area contributed by atoms with Crippen LogP contribution >= 0.6 is 0 Å². The van der Waals surface area contributed by atoms with Crippen molar-refractivity contribution in [3.63, 3.8) is 0 Å². The molecule has 4 rings (SSSR count). The van der Waals surface area contributed by atoms with E-state index in [2.05, 4.69) is 21.1 Å². The van der Waals surface area contributed by atoms with Gasteiger partial charge in [-0.2, -0.15) is 18.3 Å². The van der Waals surface area contributed by atoms with Gasteiger partial charge in [0, 0.05) is 23.4 Å². The summed E-state index contributed by atoms with van der Waals surface area (Å²) < 4.78 is 44.7. The molecule has 3 aromatic rings. The molecule has 2 aromatic carbocycles. The van der Waals surface area contributed by atoms with Crippen LogP contribution in [0.1, 0.15) is 5.56 Å². The summed E-state index contributed by atoms with van der Waals surface area (Å²) in [6, 6.07) is 12.3. The number of hydrogen-bond acceptors (Lipinski definition) is 4.